The molecule has 2 aliphatic carbocycles. The molecule has 0 aromatic rings. The highest BCUT2D eigenvalue weighted by atomic mass is 16.1. The first-order valence-corrected chi connectivity index (χ1v) is 5.29. The minimum Gasteiger partial charge on any atom is -0.299 e. The molecule has 0 aromatic carbocycles. The summed E-state index contributed by atoms with van der Waals surface area (Å²) < 4.78 is 0. The molecule has 0 saturated heterocycles. The van der Waals surface area contributed by atoms with Crippen molar-refractivity contribution in [2.75, 3.05) is 0 Å². The molecule has 0 N–H and O–H groups in total. The van der Waals surface area contributed by atoms with Crippen molar-refractivity contribution in [1.82, 2.24) is 0 Å². The van der Waals surface area contributed by atoms with Crippen LogP contribution in [0.2, 0.25) is 0 Å². The second-order valence-corrected chi connectivity index (χ2v) is 4.64. The number of hydrogen-bond acceptors (Lipinski definition) is 2. The van der Waals surface area contributed by atoms with Crippen LogP contribution >= 0.6 is 0 Å². The maximum absolute atomic E-state index is 11.4. The molecular formula is C12H16O2. The molecule has 2 nitrogen and oxygen atoms in total. The Labute approximate surface area is 84.4 Å². The number of carbonyl (C=O) groups excluding carboxylic acids is 2. The Hall–Kier alpha value is -0.920. The molecule has 76 valence electrons. The fraction of sp³-hybridized carbons (Fsp3) is 0.667. The average Bonchev–Trinajstić information content (AvgIpc) is 2.63. The zero-order chi connectivity index (χ0) is 10.3. The average molecular weight is 192 g/mol. The smallest absolute Gasteiger partial charge is 0.140 e. The topological polar surface area (TPSA) is 34.1 Å². The molecule has 14 heavy (non-hydrogen) atoms. The van der Waals surface area contributed by atoms with Crippen LogP contribution in [-0.2, 0) is 9.59 Å². The molecule has 2 heteroatoms. The highest BCUT2D eigenvalue weighted by Gasteiger charge is 2.43. The normalized spacial score (nSPS) is 34.1. The summed E-state index contributed by atoms with van der Waals surface area (Å²) in [5, 5.41) is 0. The van der Waals surface area contributed by atoms with Gasteiger partial charge in [-0.25, -0.2) is 0 Å². The fourth-order valence-corrected chi connectivity index (χ4v) is 3.10. The van der Waals surface area contributed by atoms with Crippen LogP contribution in [0.5, 0.6) is 0 Å². The van der Waals surface area contributed by atoms with Crippen LogP contribution in [0, 0.1) is 23.7 Å². The van der Waals surface area contributed by atoms with Crippen molar-refractivity contribution in [3.63, 3.8) is 0 Å². The lowest BCUT2D eigenvalue weighted by Gasteiger charge is -2.24. The van der Waals surface area contributed by atoms with Crippen LogP contribution in [0.3, 0.4) is 0 Å². The molecule has 2 aliphatic rings. The van der Waals surface area contributed by atoms with Crippen molar-refractivity contribution in [3.8, 4) is 0 Å². The summed E-state index contributed by atoms with van der Waals surface area (Å²) >= 11 is 0. The van der Waals surface area contributed by atoms with Gasteiger partial charge in [-0.2, -0.15) is 0 Å². The third-order valence-electron chi connectivity index (χ3n) is 3.63. The summed E-state index contributed by atoms with van der Waals surface area (Å²) in [6.45, 7) is 3.09. The number of fused-ring (bicyclic) bond motifs is 2. The van der Waals surface area contributed by atoms with Crippen molar-refractivity contribution in [1.29, 1.82) is 0 Å². The van der Waals surface area contributed by atoms with Crippen molar-refractivity contribution in [2.24, 2.45) is 23.7 Å². The minimum atomic E-state index is -0.338. The SMILES string of the molecule is CC(=O)C(C(C)=O)C1C[C@H]2C=C[C@@H]1C2. The molecule has 2 rings (SSSR count). The van der Waals surface area contributed by atoms with Crippen LogP contribution in [-0.4, -0.2) is 11.6 Å². The standard InChI is InChI=1S/C12H16O2/c1-7(13)12(8(2)14)11-6-9-3-4-10(11)5-9/h3-4,9-12H,5-6H2,1-2H3/t9-,10+,11?/m0/s1. The Bertz CT molecular complexity index is 289. The summed E-state index contributed by atoms with van der Waals surface area (Å²) in [7, 11) is 0. The Morgan fingerprint density at radius 3 is 2.14 bits per heavy atom. The maximum Gasteiger partial charge on any atom is 0.140 e. The van der Waals surface area contributed by atoms with Gasteiger partial charge < -0.3 is 0 Å². The van der Waals surface area contributed by atoms with Gasteiger partial charge in [0, 0.05) is 0 Å². The minimum absolute atomic E-state index is 0.0449. The van der Waals surface area contributed by atoms with Gasteiger partial charge >= 0.3 is 0 Å². The number of ketones is 2. The molecule has 0 radical (unpaired) electrons. The van der Waals surface area contributed by atoms with E-state index in [9.17, 15) is 9.59 Å². The lowest BCUT2D eigenvalue weighted by molar-refractivity contribution is -0.133. The first-order valence-electron chi connectivity index (χ1n) is 5.29. The second-order valence-electron chi connectivity index (χ2n) is 4.64. The number of allylic oxidation sites excluding steroid dienone is 2. The van der Waals surface area contributed by atoms with E-state index in [0.29, 0.717) is 17.8 Å². The molecule has 0 aromatic heterocycles. The van der Waals surface area contributed by atoms with E-state index in [1.165, 1.54) is 0 Å². The highest BCUT2D eigenvalue weighted by molar-refractivity contribution is 6.00. The fourth-order valence-electron chi connectivity index (χ4n) is 3.10. The van der Waals surface area contributed by atoms with Crippen LogP contribution < -0.4 is 0 Å². The largest absolute Gasteiger partial charge is 0.299 e. The maximum atomic E-state index is 11.4. The lowest BCUT2D eigenvalue weighted by atomic mass is 9.78. The molecule has 1 saturated carbocycles. The number of rotatable bonds is 3. The number of hydrogen-bond donors (Lipinski definition) is 0. The van der Waals surface area contributed by atoms with Crippen LogP contribution in [0.1, 0.15) is 26.7 Å². The Morgan fingerprint density at radius 2 is 1.79 bits per heavy atom. The Morgan fingerprint density at radius 1 is 1.14 bits per heavy atom. The molecule has 0 amide bonds. The summed E-state index contributed by atoms with van der Waals surface area (Å²) in [4.78, 5) is 22.8. The van der Waals surface area contributed by atoms with Crippen molar-refractivity contribution in [2.45, 2.75) is 26.7 Å². The predicted molar refractivity (Wildman–Crippen MR) is 53.7 cm³/mol. The summed E-state index contributed by atoms with van der Waals surface area (Å²) in [5.41, 5.74) is 0. The predicted octanol–water partition coefficient (Wildman–Crippen LogP) is 1.99. The molecule has 0 heterocycles. The van der Waals surface area contributed by atoms with E-state index in [1.807, 2.05) is 0 Å². The Kier molecular flexibility index (Phi) is 2.30. The highest BCUT2D eigenvalue weighted by Crippen LogP contribution is 2.47. The van der Waals surface area contributed by atoms with E-state index >= 15 is 0 Å². The van der Waals surface area contributed by atoms with Crippen molar-refractivity contribution >= 4 is 11.6 Å². The molecule has 0 spiro atoms. The lowest BCUT2D eigenvalue weighted by Crippen LogP contribution is -2.30. The number of Topliss-reactive ketones (excluding diaryl/α,β-unsaturated/α-hetero) is 2. The van der Waals surface area contributed by atoms with E-state index in [0.717, 1.165) is 12.8 Å². The van der Waals surface area contributed by atoms with Gasteiger partial charge in [0.1, 0.15) is 11.6 Å². The summed E-state index contributed by atoms with van der Waals surface area (Å²) in [6, 6.07) is 0. The molecule has 1 fully saturated rings. The monoisotopic (exact) mass is 192 g/mol. The van der Waals surface area contributed by atoms with Crippen LogP contribution in [0.4, 0.5) is 0 Å². The van der Waals surface area contributed by atoms with Gasteiger partial charge in [-0.15, -0.1) is 0 Å². The van der Waals surface area contributed by atoms with Gasteiger partial charge in [0.15, 0.2) is 0 Å². The van der Waals surface area contributed by atoms with Gasteiger partial charge in [0.05, 0.1) is 5.92 Å². The third kappa shape index (κ3) is 1.43. The van der Waals surface area contributed by atoms with Gasteiger partial charge in [-0.05, 0) is 44.4 Å². The quantitative estimate of drug-likeness (QED) is 0.506. The zero-order valence-corrected chi connectivity index (χ0v) is 8.69. The summed E-state index contributed by atoms with van der Waals surface area (Å²) in [6.07, 6.45) is 6.61. The molecule has 1 unspecified atom stereocenters. The zero-order valence-electron chi connectivity index (χ0n) is 8.69. The second kappa shape index (κ2) is 3.34. The van der Waals surface area contributed by atoms with E-state index in [1.54, 1.807) is 13.8 Å². The van der Waals surface area contributed by atoms with Gasteiger partial charge in [-0.1, -0.05) is 12.2 Å². The van der Waals surface area contributed by atoms with Gasteiger partial charge in [0.25, 0.3) is 0 Å². The molecule has 2 bridgehead atoms. The third-order valence-corrected chi connectivity index (χ3v) is 3.63. The van der Waals surface area contributed by atoms with E-state index < -0.39 is 0 Å². The molecular weight excluding hydrogens is 176 g/mol. The van der Waals surface area contributed by atoms with Gasteiger partial charge in [0.2, 0.25) is 0 Å². The van der Waals surface area contributed by atoms with E-state index in [-0.39, 0.29) is 17.5 Å². The van der Waals surface area contributed by atoms with Crippen molar-refractivity contribution < 1.29 is 9.59 Å². The first kappa shape index (κ1) is 9.63. The van der Waals surface area contributed by atoms with Crippen LogP contribution in [0.15, 0.2) is 12.2 Å². The van der Waals surface area contributed by atoms with E-state index in [2.05, 4.69) is 12.2 Å². The Balaban J connectivity index is 2.17. The molecule has 0 aliphatic heterocycles. The van der Waals surface area contributed by atoms with Crippen LogP contribution in [0.25, 0.3) is 0 Å². The molecule has 3 atom stereocenters. The van der Waals surface area contributed by atoms with Crippen molar-refractivity contribution in [3.05, 3.63) is 12.2 Å². The number of carbonyl (C=O) groups is 2. The summed E-state index contributed by atoms with van der Waals surface area (Å²) in [5.74, 6) is 1.16. The van der Waals surface area contributed by atoms with Gasteiger partial charge in [-0.3, -0.25) is 9.59 Å². The van der Waals surface area contributed by atoms with E-state index in [4.69, 9.17) is 0 Å². The first-order chi connectivity index (χ1) is 6.59.